The van der Waals surface area contributed by atoms with Crippen LogP contribution in [0.2, 0.25) is 0 Å². The molecule has 0 aliphatic heterocycles. The summed E-state index contributed by atoms with van der Waals surface area (Å²) in [5, 5.41) is 23.7. The Morgan fingerprint density at radius 3 is 2.71 bits per heavy atom. The highest BCUT2D eigenvalue weighted by Crippen LogP contribution is 2.29. The first-order valence-corrected chi connectivity index (χ1v) is 6.43. The summed E-state index contributed by atoms with van der Waals surface area (Å²) >= 11 is 0. The molecule has 2 atom stereocenters. The van der Waals surface area contributed by atoms with Crippen LogP contribution in [0, 0.1) is 16.0 Å². The predicted octanol–water partition coefficient (Wildman–Crippen LogP) is 2.66. The van der Waals surface area contributed by atoms with E-state index in [4.69, 9.17) is 5.11 Å². The molecule has 7 heteroatoms. The van der Waals surface area contributed by atoms with E-state index in [0.29, 0.717) is 11.1 Å². The maximum Gasteiger partial charge on any atom is 0.308 e. The Morgan fingerprint density at radius 1 is 1.38 bits per heavy atom. The standard InChI is InChI=1S/C14H15N3O4/c1-8(14(18)19)9(2)16-11-6-7-15-13-10(11)4-3-5-12(13)17(20)21/h3-9H,1-2H3,(H,15,16)(H,18,19). The summed E-state index contributed by atoms with van der Waals surface area (Å²) in [4.78, 5) is 25.6. The minimum absolute atomic E-state index is 0.0740. The van der Waals surface area contributed by atoms with E-state index in [1.807, 2.05) is 0 Å². The summed E-state index contributed by atoms with van der Waals surface area (Å²) in [6, 6.07) is 6.04. The first-order chi connectivity index (χ1) is 9.91. The summed E-state index contributed by atoms with van der Waals surface area (Å²) in [6.45, 7) is 3.36. The average Bonchev–Trinajstić information content (AvgIpc) is 2.45. The lowest BCUT2D eigenvalue weighted by Gasteiger charge is -2.20. The van der Waals surface area contributed by atoms with E-state index in [1.54, 1.807) is 32.0 Å². The van der Waals surface area contributed by atoms with E-state index < -0.39 is 16.8 Å². The number of nitrogens with zero attached hydrogens (tertiary/aromatic N) is 2. The zero-order valence-corrected chi connectivity index (χ0v) is 11.6. The molecule has 0 aliphatic carbocycles. The molecule has 0 fully saturated rings. The first kappa shape index (κ1) is 14.7. The van der Waals surface area contributed by atoms with Gasteiger partial charge in [0.15, 0.2) is 0 Å². The highest BCUT2D eigenvalue weighted by molar-refractivity contribution is 5.96. The number of nitro groups is 1. The van der Waals surface area contributed by atoms with Gasteiger partial charge < -0.3 is 10.4 Å². The second kappa shape index (κ2) is 5.74. The average molecular weight is 289 g/mol. The molecule has 1 aromatic heterocycles. The summed E-state index contributed by atoms with van der Waals surface area (Å²) in [5.74, 6) is -1.49. The molecule has 1 heterocycles. The van der Waals surface area contributed by atoms with Crippen LogP contribution in [0.1, 0.15) is 13.8 Å². The lowest BCUT2D eigenvalue weighted by atomic mass is 10.0. The number of aromatic nitrogens is 1. The second-order valence-electron chi connectivity index (χ2n) is 4.85. The van der Waals surface area contributed by atoms with Crippen molar-refractivity contribution < 1.29 is 14.8 Å². The third kappa shape index (κ3) is 2.91. The summed E-state index contributed by atoms with van der Waals surface area (Å²) in [7, 11) is 0. The number of para-hydroxylation sites is 1. The van der Waals surface area contributed by atoms with Crippen molar-refractivity contribution in [3.63, 3.8) is 0 Å². The van der Waals surface area contributed by atoms with Crippen molar-refractivity contribution in [1.82, 2.24) is 4.98 Å². The Labute approximate surface area is 120 Å². The van der Waals surface area contributed by atoms with Gasteiger partial charge in [0.2, 0.25) is 0 Å². The first-order valence-electron chi connectivity index (χ1n) is 6.43. The fourth-order valence-electron chi connectivity index (χ4n) is 2.02. The molecule has 0 saturated heterocycles. The number of hydrogen-bond donors (Lipinski definition) is 2. The van der Waals surface area contributed by atoms with Crippen molar-refractivity contribution in [1.29, 1.82) is 0 Å². The van der Waals surface area contributed by atoms with Gasteiger partial charge in [0.25, 0.3) is 5.69 Å². The lowest BCUT2D eigenvalue weighted by Crippen LogP contribution is -2.29. The number of carboxylic acid groups (broad SMARTS) is 1. The van der Waals surface area contributed by atoms with Gasteiger partial charge in [0.1, 0.15) is 5.52 Å². The van der Waals surface area contributed by atoms with Crippen molar-refractivity contribution in [2.45, 2.75) is 19.9 Å². The smallest absolute Gasteiger partial charge is 0.308 e. The van der Waals surface area contributed by atoms with E-state index in [9.17, 15) is 14.9 Å². The minimum atomic E-state index is -0.903. The van der Waals surface area contributed by atoms with Gasteiger partial charge in [-0.2, -0.15) is 0 Å². The molecule has 21 heavy (non-hydrogen) atoms. The molecule has 0 aliphatic rings. The fraction of sp³-hybridized carbons (Fsp3) is 0.286. The van der Waals surface area contributed by atoms with E-state index in [1.165, 1.54) is 12.3 Å². The lowest BCUT2D eigenvalue weighted by molar-refractivity contribution is -0.383. The number of non-ortho nitro benzene ring substituents is 1. The van der Waals surface area contributed by atoms with Crippen LogP contribution >= 0.6 is 0 Å². The van der Waals surface area contributed by atoms with Crippen LogP contribution in [0.4, 0.5) is 11.4 Å². The number of rotatable bonds is 5. The Kier molecular flexibility index (Phi) is 4.02. The normalized spacial score (nSPS) is 13.6. The van der Waals surface area contributed by atoms with Crippen molar-refractivity contribution in [3.8, 4) is 0 Å². The van der Waals surface area contributed by atoms with Crippen molar-refractivity contribution in [3.05, 3.63) is 40.6 Å². The Bertz CT molecular complexity index is 702. The van der Waals surface area contributed by atoms with Gasteiger partial charge in [-0.15, -0.1) is 0 Å². The Hall–Kier alpha value is -2.70. The molecule has 2 rings (SSSR count). The molecule has 0 saturated carbocycles. The number of nitrogens with one attached hydrogen (secondary N) is 1. The zero-order valence-electron chi connectivity index (χ0n) is 11.6. The Balaban J connectivity index is 2.44. The number of pyridine rings is 1. The summed E-state index contributed by atoms with van der Waals surface area (Å²) < 4.78 is 0. The topological polar surface area (TPSA) is 105 Å². The zero-order chi connectivity index (χ0) is 15.6. The molecule has 0 bridgehead atoms. The highest BCUT2D eigenvalue weighted by atomic mass is 16.6. The minimum Gasteiger partial charge on any atom is -0.481 e. The van der Waals surface area contributed by atoms with Crippen LogP contribution in [0.15, 0.2) is 30.5 Å². The van der Waals surface area contributed by atoms with Gasteiger partial charge in [-0.1, -0.05) is 12.1 Å². The number of anilines is 1. The van der Waals surface area contributed by atoms with Crippen LogP contribution in [-0.4, -0.2) is 27.0 Å². The molecule has 2 N–H and O–H groups in total. The van der Waals surface area contributed by atoms with Gasteiger partial charge in [-0.3, -0.25) is 14.9 Å². The maximum absolute atomic E-state index is 11.0. The number of aliphatic carboxylic acids is 1. The molecule has 110 valence electrons. The molecule has 0 amide bonds. The summed E-state index contributed by atoms with van der Waals surface area (Å²) in [5.41, 5.74) is 0.835. The monoisotopic (exact) mass is 289 g/mol. The number of hydrogen-bond acceptors (Lipinski definition) is 5. The third-order valence-corrected chi connectivity index (χ3v) is 3.47. The van der Waals surface area contributed by atoms with Crippen LogP contribution in [-0.2, 0) is 4.79 Å². The number of carboxylic acids is 1. The van der Waals surface area contributed by atoms with Crippen molar-refractivity contribution in [2.24, 2.45) is 5.92 Å². The molecular formula is C14H15N3O4. The SMILES string of the molecule is CC(Nc1ccnc2c([N+](=O)[O-])cccc12)C(C)C(=O)O. The highest BCUT2D eigenvalue weighted by Gasteiger charge is 2.21. The number of carbonyl (C=O) groups is 1. The number of fused-ring (bicyclic) bond motifs is 1. The number of nitro benzene ring substituents is 1. The van der Waals surface area contributed by atoms with Crippen LogP contribution in [0.5, 0.6) is 0 Å². The van der Waals surface area contributed by atoms with Crippen molar-refractivity contribution in [2.75, 3.05) is 5.32 Å². The molecule has 0 spiro atoms. The fourth-order valence-corrected chi connectivity index (χ4v) is 2.02. The second-order valence-corrected chi connectivity index (χ2v) is 4.85. The van der Waals surface area contributed by atoms with E-state index in [2.05, 4.69) is 10.3 Å². The van der Waals surface area contributed by atoms with Gasteiger partial charge in [0, 0.05) is 29.4 Å². The van der Waals surface area contributed by atoms with Gasteiger partial charge >= 0.3 is 5.97 Å². The Morgan fingerprint density at radius 2 is 2.10 bits per heavy atom. The van der Waals surface area contributed by atoms with Gasteiger partial charge in [0.05, 0.1) is 10.8 Å². The maximum atomic E-state index is 11.0. The predicted molar refractivity (Wildman–Crippen MR) is 78.3 cm³/mol. The van der Waals surface area contributed by atoms with Crippen LogP contribution < -0.4 is 5.32 Å². The van der Waals surface area contributed by atoms with Crippen LogP contribution in [0.25, 0.3) is 10.9 Å². The largest absolute Gasteiger partial charge is 0.481 e. The molecular weight excluding hydrogens is 274 g/mol. The van der Waals surface area contributed by atoms with Gasteiger partial charge in [-0.05, 0) is 19.9 Å². The summed E-state index contributed by atoms with van der Waals surface area (Å²) in [6.07, 6.45) is 1.47. The third-order valence-electron chi connectivity index (χ3n) is 3.47. The van der Waals surface area contributed by atoms with Crippen LogP contribution in [0.3, 0.4) is 0 Å². The molecule has 7 nitrogen and oxygen atoms in total. The van der Waals surface area contributed by atoms with E-state index >= 15 is 0 Å². The molecule has 0 radical (unpaired) electrons. The molecule has 2 unspecified atom stereocenters. The van der Waals surface area contributed by atoms with E-state index in [-0.39, 0.29) is 17.2 Å². The number of benzene rings is 1. The quantitative estimate of drug-likeness (QED) is 0.647. The van der Waals surface area contributed by atoms with E-state index in [0.717, 1.165) is 0 Å². The molecule has 1 aromatic carbocycles. The van der Waals surface area contributed by atoms with Crippen molar-refractivity contribution >= 4 is 28.2 Å². The molecule has 2 aromatic rings. The van der Waals surface area contributed by atoms with Gasteiger partial charge in [-0.25, -0.2) is 4.98 Å².